The van der Waals surface area contributed by atoms with Gasteiger partial charge >= 0.3 is 0 Å². The molecule has 0 amide bonds. The summed E-state index contributed by atoms with van der Waals surface area (Å²) in [5.41, 5.74) is 4.12. The first kappa shape index (κ1) is 18.5. The molecule has 1 aromatic carbocycles. The van der Waals surface area contributed by atoms with E-state index in [0.29, 0.717) is 0 Å². The smallest absolute Gasteiger partial charge is 0.186 e. The summed E-state index contributed by atoms with van der Waals surface area (Å²) in [5, 5.41) is 4.16. The topological polar surface area (TPSA) is 49.0 Å². The standard InChI is InChI=1S/C20H22BrN3O2/c1-14-10-19(20(25)13-23-12-17(21)11-22-23)15(2)24(14)9-8-16-4-6-18(26-3)7-5-16/h4-7,10-12H,8-9,13H2,1-3H3. The van der Waals surface area contributed by atoms with Gasteiger partial charge in [0.2, 0.25) is 0 Å². The van der Waals surface area contributed by atoms with Gasteiger partial charge < -0.3 is 9.30 Å². The maximum Gasteiger partial charge on any atom is 0.186 e. The number of ether oxygens (including phenoxy) is 1. The molecule has 0 fully saturated rings. The van der Waals surface area contributed by atoms with Crippen molar-refractivity contribution in [1.29, 1.82) is 0 Å². The van der Waals surface area contributed by atoms with E-state index in [2.05, 4.69) is 37.7 Å². The van der Waals surface area contributed by atoms with Crippen LogP contribution in [-0.4, -0.2) is 27.2 Å². The summed E-state index contributed by atoms with van der Waals surface area (Å²) in [7, 11) is 1.67. The second-order valence-corrected chi connectivity index (χ2v) is 7.23. The van der Waals surface area contributed by atoms with E-state index >= 15 is 0 Å². The number of hydrogen-bond donors (Lipinski definition) is 0. The number of nitrogens with zero attached hydrogens (tertiary/aromatic N) is 3. The molecule has 0 atom stereocenters. The molecule has 0 bridgehead atoms. The number of carbonyl (C=O) groups excluding carboxylic acids is 1. The molecule has 0 aliphatic heterocycles. The van der Waals surface area contributed by atoms with Crippen LogP contribution in [0.5, 0.6) is 5.75 Å². The third kappa shape index (κ3) is 4.07. The van der Waals surface area contributed by atoms with Crippen molar-refractivity contribution >= 4 is 21.7 Å². The number of aryl methyl sites for hydroxylation is 2. The summed E-state index contributed by atoms with van der Waals surface area (Å²) in [5.74, 6) is 0.935. The van der Waals surface area contributed by atoms with E-state index in [1.807, 2.05) is 32.0 Å². The van der Waals surface area contributed by atoms with Gasteiger partial charge in [0.25, 0.3) is 0 Å². The van der Waals surface area contributed by atoms with Crippen molar-refractivity contribution in [3.63, 3.8) is 0 Å². The number of hydrogen-bond acceptors (Lipinski definition) is 3. The Morgan fingerprint density at radius 2 is 1.96 bits per heavy atom. The van der Waals surface area contributed by atoms with Crippen LogP contribution in [-0.2, 0) is 19.5 Å². The lowest BCUT2D eigenvalue weighted by molar-refractivity contribution is 0.0967. The molecule has 26 heavy (non-hydrogen) atoms. The molecule has 2 heterocycles. The zero-order chi connectivity index (χ0) is 18.7. The van der Waals surface area contributed by atoms with Crippen molar-refractivity contribution in [2.45, 2.75) is 33.4 Å². The van der Waals surface area contributed by atoms with Crippen LogP contribution in [0.4, 0.5) is 0 Å². The first-order chi connectivity index (χ1) is 12.5. The SMILES string of the molecule is COc1ccc(CCn2c(C)cc(C(=O)Cn3cc(Br)cn3)c2C)cc1. The first-order valence-electron chi connectivity index (χ1n) is 8.48. The summed E-state index contributed by atoms with van der Waals surface area (Å²) in [4.78, 5) is 12.7. The van der Waals surface area contributed by atoms with Crippen LogP contribution in [0.25, 0.3) is 0 Å². The van der Waals surface area contributed by atoms with E-state index in [1.54, 1.807) is 24.2 Å². The molecule has 2 aromatic heterocycles. The monoisotopic (exact) mass is 415 g/mol. The molecule has 0 radical (unpaired) electrons. The van der Waals surface area contributed by atoms with Crippen LogP contribution < -0.4 is 4.74 Å². The largest absolute Gasteiger partial charge is 0.497 e. The fourth-order valence-electron chi connectivity index (χ4n) is 3.12. The van der Waals surface area contributed by atoms with E-state index in [9.17, 15) is 4.79 Å². The first-order valence-corrected chi connectivity index (χ1v) is 9.28. The minimum Gasteiger partial charge on any atom is -0.497 e. The van der Waals surface area contributed by atoms with Crippen LogP contribution in [0.1, 0.15) is 27.3 Å². The van der Waals surface area contributed by atoms with Gasteiger partial charge in [-0.3, -0.25) is 9.48 Å². The second kappa shape index (κ2) is 7.91. The molecule has 3 aromatic rings. The molecule has 0 aliphatic rings. The van der Waals surface area contributed by atoms with Crippen molar-refractivity contribution in [2.75, 3.05) is 7.11 Å². The normalized spacial score (nSPS) is 10.9. The van der Waals surface area contributed by atoms with Crippen molar-refractivity contribution in [3.05, 3.63) is 69.7 Å². The maximum atomic E-state index is 12.7. The van der Waals surface area contributed by atoms with Gasteiger partial charge in [0.15, 0.2) is 5.78 Å². The van der Waals surface area contributed by atoms with E-state index < -0.39 is 0 Å². The Bertz CT molecular complexity index is 910. The Kier molecular flexibility index (Phi) is 5.61. The fourth-order valence-corrected chi connectivity index (χ4v) is 3.45. The summed E-state index contributed by atoms with van der Waals surface area (Å²) < 4.78 is 9.92. The molecule has 0 unspecified atom stereocenters. The van der Waals surface area contributed by atoms with Gasteiger partial charge in [-0.1, -0.05) is 12.1 Å². The van der Waals surface area contributed by atoms with E-state index in [4.69, 9.17) is 4.74 Å². The number of ketones is 1. The number of benzene rings is 1. The summed E-state index contributed by atoms with van der Waals surface area (Å²) in [6.07, 6.45) is 4.40. The number of methoxy groups -OCH3 is 1. The highest BCUT2D eigenvalue weighted by Gasteiger charge is 2.16. The lowest BCUT2D eigenvalue weighted by Gasteiger charge is -2.10. The van der Waals surface area contributed by atoms with Crippen LogP contribution in [0.15, 0.2) is 47.2 Å². The van der Waals surface area contributed by atoms with Gasteiger partial charge in [-0.2, -0.15) is 5.10 Å². The maximum absolute atomic E-state index is 12.7. The molecule has 5 nitrogen and oxygen atoms in total. The number of halogens is 1. The average molecular weight is 416 g/mol. The lowest BCUT2D eigenvalue weighted by Crippen LogP contribution is -2.12. The summed E-state index contributed by atoms with van der Waals surface area (Å²) >= 11 is 3.35. The number of rotatable bonds is 7. The molecule has 6 heteroatoms. The lowest BCUT2D eigenvalue weighted by atomic mass is 10.1. The van der Waals surface area contributed by atoms with Gasteiger partial charge in [-0.25, -0.2) is 0 Å². The number of aromatic nitrogens is 3. The molecular formula is C20H22BrN3O2. The predicted octanol–water partition coefficient (Wildman–Crippen LogP) is 4.20. The zero-order valence-corrected chi connectivity index (χ0v) is 16.8. The quantitative estimate of drug-likeness (QED) is 0.543. The predicted molar refractivity (Wildman–Crippen MR) is 105 cm³/mol. The Hall–Kier alpha value is -2.34. The second-order valence-electron chi connectivity index (χ2n) is 6.31. The van der Waals surface area contributed by atoms with Crippen LogP contribution >= 0.6 is 15.9 Å². The fraction of sp³-hybridized carbons (Fsp3) is 0.300. The molecule has 0 saturated heterocycles. The molecule has 0 aliphatic carbocycles. The van der Waals surface area contributed by atoms with Crippen LogP contribution in [0.2, 0.25) is 0 Å². The van der Waals surface area contributed by atoms with E-state index in [0.717, 1.165) is 40.1 Å². The Balaban J connectivity index is 1.71. The zero-order valence-electron chi connectivity index (χ0n) is 15.2. The minimum absolute atomic E-state index is 0.0735. The Morgan fingerprint density at radius 3 is 2.58 bits per heavy atom. The Labute approximate surface area is 161 Å². The molecule has 0 N–H and O–H groups in total. The van der Waals surface area contributed by atoms with E-state index in [1.165, 1.54) is 5.56 Å². The van der Waals surface area contributed by atoms with Crippen LogP contribution in [0, 0.1) is 13.8 Å². The number of carbonyl (C=O) groups is 1. The average Bonchev–Trinajstić information content (AvgIpc) is 3.16. The third-order valence-electron chi connectivity index (χ3n) is 4.56. The minimum atomic E-state index is 0.0735. The van der Waals surface area contributed by atoms with Crippen molar-refractivity contribution in [3.8, 4) is 5.75 Å². The third-order valence-corrected chi connectivity index (χ3v) is 4.97. The van der Waals surface area contributed by atoms with E-state index in [-0.39, 0.29) is 12.3 Å². The van der Waals surface area contributed by atoms with Gasteiger partial charge in [0, 0.05) is 29.7 Å². The molecular weight excluding hydrogens is 394 g/mol. The van der Waals surface area contributed by atoms with Crippen molar-refractivity contribution < 1.29 is 9.53 Å². The Morgan fingerprint density at radius 1 is 1.23 bits per heavy atom. The van der Waals surface area contributed by atoms with Gasteiger partial charge in [0.05, 0.1) is 17.8 Å². The van der Waals surface area contributed by atoms with Gasteiger partial charge in [0.1, 0.15) is 12.3 Å². The highest BCUT2D eigenvalue weighted by Crippen LogP contribution is 2.19. The molecule has 0 spiro atoms. The molecule has 136 valence electrons. The van der Waals surface area contributed by atoms with Gasteiger partial charge in [-0.15, -0.1) is 0 Å². The summed E-state index contributed by atoms with van der Waals surface area (Å²) in [6, 6.07) is 10.1. The highest BCUT2D eigenvalue weighted by molar-refractivity contribution is 9.10. The van der Waals surface area contributed by atoms with Crippen molar-refractivity contribution in [1.82, 2.24) is 14.3 Å². The number of Topliss-reactive ketones (excluding diaryl/α,β-unsaturated/α-hetero) is 1. The van der Waals surface area contributed by atoms with Gasteiger partial charge in [-0.05, 0) is 60.0 Å². The molecule has 3 rings (SSSR count). The van der Waals surface area contributed by atoms with Crippen molar-refractivity contribution in [2.24, 2.45) is 0 Å². The van der Waals surface area contributed by atoms with Crippen LogP contribution in [0.3, 0.4) is 0 Å². The summed E-state index contributed by atoms with van der Waals surface area (Å²) in [6.45, 7) is 5.13. The highest BCUT2D eigenvalue weighted by atomic mass is 79.9. The molecule has 0 saturated carbocycles.